The Bertz CT molecular complexity index is 1940. The number of aromatic amines is 1. The van der Waals surface area contributed by atoms with Crippen LogP contribution in [0.2, 0.25) is 0 Å². The van der Waals surface area contributed by atoms with E-state index in [2.05, 4.69) is 27.4 Å². The topological polar surface area (TPSA) is 144 Å². The number of pyridine rings is 1. The lowest BCUT2D eigenvalue weighted by atomic mass is 9.92. The Morgan fingerprint density at radius 3 is 2.66 bits per heavy atom. The van der Waals surface area contributed by atoms with Gasteiger partial charge >= 0.3 is 6.09 Å². The van der Waals surface area contributed by atoms with Gasteiger partial charge in [0, 0.05) is 72.7 Å². The van der Waals surface area contributed by atoms with Crippen molar-refractivity contribution in [2.75, 3.05) is 33.3 Å². The molecule has 0 spiro atoms. The van der Waals surface area contributed by atoms with Crippen molar-refractivity contribution in [3.05, 3.63) is 77.4 Å². The first kappa shape index (κ1) is 33.5. The molecule has 4 heterocycles. The molecule has 3 aliphatic rings. The van der Waals surface area contributed by atoms with E-state index in [1.54, 1.807) is 29.3 Å². The Morgan fingerprint density at radius 1 is 1.10 bits per heavy atom. The molecule has 2 aromatic heterocycles. The van der Waals surface area contributed by atoms with Crippen LogP contribution >= 0.6 is 0 Å². The van der Waals surface area contributed by atoms with Crippen molar-refractivity contribution in [3.63, 3.8) is 0 Å². The number of amides is 3. The van der Waals surface area contributed by atoms with E-state index in [1.165, 1.54) is 18.1 Å². The van der Waals surface area contributed by atoms with E-state index < -0.39 is 18.0 Å². The molecule has 1 aliphatic carbocycles. The zero-order valence-corrected chi connectivity index (χ0v) is 28.5. The number of benzene rings is 2. The van der Waals surface area contributed by atoms with Crippen LogP contribution in [-0.2, 0) is 11.3 Å². The SMILES string of the molecule is COc1cccc(F)c1CN1C[C@H](NC(=O)c2ccc3[nH]nc(-c4ccnc(C)c4)c3c2)CC[C@H]1C(=O)N1CCN(C(=O)O)C(C2(C)CC2)C1. The van der Waals surface area contributed by atoms with Gasteiger partial charge in [0.05, 0.1) is 24.7 Å². The molecule has 4 aromatic rings. The van der Waals surface area contributed by atoms with Crippen LogP contribution in [0.3, 0.4) is 0 Å². The number of fused-ring (bicyclic) bond motifs is 1. The summed E-state index contributed by atoms with van der Waals surface area (Å²) >= 11 is 0. The highest BCUT2D eigenvalue weighted by molar-refractivity contribution is 6.01. The predicted molar refractivity (Wildman–Crippen MR) is 184 cm³/mol. The normalized spacial score (nSPS) is 22.0. The maximum Gasteiger partial charge on any atom is 0.407 e. The number of carbonyl (C=O) groups is 3. The predicted octanol–water partition coefficient (Wildman–Crippen LogP) is 4.83. The van der Waals surface area contributed by atoms with E-state index in [9.17, 15) is 19.5 Å². The van der Waals surface area contributed by atoms with Crippen LogP contribution in [0.15, 0.2) is 54.7 Å². The number of H-pyrrole nitrogens is 1. The quantitative estimate of drug-likeness (QED) is 0.240. The van der Waals surface area contributed by atoms with E-state index >= 15 is 4.39 Å². The number of halogens is 1. The number of nitrogens with one attached hydrogen (secondary N) is 2. The summed E-state index contributed by atoms with van der Waals surface area (Å²) in [7, 11) is 1.48. The number of piperazine rings is 1. The molecule has 1 saturated carbocycles. The molecule has 3 N–H and O–H groups in total. The minimum atomic E-state index is -0.963. The molecule has 13 heteroatoms. The molecule has 50 heavy (non-hydrogen) atoms. The summed E-state index contributed by atoms with van der Waals surface area (Å²) in [5.74, 6) is -0.415. The second kappa shape index (κ2) is 13.3. The molecule has 3 atom stereocenters. The first-order valence-electron chi connectivity index (χ1n) is 17.1. The van der Waals surface area contributed by atoms with Gasteiger partial charge < -0.3 is 25.0 Å². The average Bonchev–Trinajstić information content (AvgIpc) is 3.72. The number of hydrogen-bond donors (Lipinski definition) is 3. The Morgan fingerprint density at radius 2 is 1.92 bits per heavy atom. The van der Waals surface area contributed by atoms with E-state index in [-0.39, 0.29) is 42.4 Å². The molecule has 3 fully saturated rings. The van der Waals surface area contributed by atoms with Crippen LogP contribution in [0.25, 0.3) is 22.2 Å². The summed E-state index contributed by atoms with van der Waals surface area (Å²) in [6.45, 7) is 5.27. The van der Waals surface area contributed by atoms with Crippen LogP contribution in [0.1, 0.15) is 54.2 Å². The Kier molecular flexibility index (Phi) is 8.93. The second-order valence-electron chi connectivity index (χ2n) is 14.1. The minimum Gasteiger partial charge on any atom is -0.496 e. The summed E-state index contributed by atoms with van der Waals surface area (Å²) in [6, 6.07) is 12.7. The number of aromatic nitrogens is 3. The van der Waals surface area contributed by atoms with Crippen molar-refractivity contribution < 1.29 is 28.6 Å². The number of methoxy groups -OCH3 is 1. The smallest absolute Gasteiger partial charge is 0.407 e. The number of carbonyl (C=O) groups excluding carboxylic acids is 2. The number of likely N-dealkylation sites (tertiary alicyclic amines) is 1. The van der Waals surface area contributed by atoms with Gasteiger partial charge in [-0.1, -0.05) is 13.0 Å². The van der Waals surface area contributed by atoms with E-state index in [0.29, 0.717) is 49.4 Å². The van der Waals surface area contributed by atoms with Gasteiger partial charge in [0.15, 0.2) is 0 Å². The van der Waals surface area contributed by atoms with Crippen molar-refractivity contribution in [1.29, 1.82) is 0 Å². The maximum absolute atomic E-state index is 15.2. The molecule has 0 bridgehead atoms. The van der Waals surface area contributed by atoms with Gasteiger partial charge in [0.1, 0.15) is 17.3 Å². The highest BCUT2D eigenvalue weighted by atomic mass is 19.1. The van der Waals surface area contributed by atoms with Crippen molar-refractivity contribution in [3.8, 4) is 17.0 Å². The number of hydrogen-bond acceptors (Lipinski definition) is 7. The first-order chi connectivity index (χ1) is 24.0. The fourth-order valence-electron chi connectivity index (χ4n) is 7.59. The monoisotopic (exact) mass is 683 g/mol. The molecule has 2 aromatic carbocycles. The molecular formula is C37H42FN7O5. The molecular weight excluding hydrogens is 641 g/mol. The zero-order valence-electron chi connectivity index (χ0n) is 28.5. The lowest BCUT2D eigenvalue weighted by molar-refractivity contribution is -0.142. The summed E-state index contributed by atoms with van der Waals surface area (Å²) in [5.41, 5.74) is 3.95. The molecule has 2 saturated heterocycles. The highest BCUT2D eigenvalue weighted by Crippen LogP contribution is 2.51. The first-order valence-corrected chi connectivity index (χ1v) is 17.1. The van der Waals surface area contributed by atoms with Gasteiger partial charge in [-0.25, -0.2) is 9.18 Å². The van der Waals surface area contributed by atoms with Gasteiger partial charge in [0.25, 0.3) is 5.91 Å². The van der Waals surface area contributed by atoms with E-state index in [1.807, 2.05) is 36.1 Å². The van der Waals surface area contributed by atoms with Crippen LogP contribution < -0.4 is 10.1 Å². The number of rotatable bonds is 8. The fraction of sp³-hybridized carbons (Fsp3) is 0.432. The number of ether oxygens (including phenoxy) is 1. The van der Waals surface area contributed by atoms with Crippen LogP contribution in [0, 0.1) is 18.2 Å². The maximum atomic E-state index is 15.2. The molecule has 7 rings (SSSR count). The molecule has 1 unspecified atom stereocenters. The number of nitrogens with zero attached hydrogens (tertiary/aromatic N) is 5. The largest absolute Gasteiger partial charge is 0.496 e. The molecule has 3 amide bonds. The van der Waals surface area contributed by atoms with Gasteiger partial charge in [-0.3, -0.25) is 24.6 Å². The summed E-state index contributed by atoms with van der Waals surface area (Å²) in [6.07, 6.45) is 3.59. The average molecular weight is 684 g/mol. The highest BCUT2D eigenvalue weighted by Gasteiger charge is 2.52. The van der Waals surface area contributed by atoms with Crippen LogP contribution in [0.5, 0.6) is 5.75 Å². The van der Waals surface area contributed by atoms with Crippen molar-refractivity contribution in [1.82, 2.24) is 35.2 Å². The van der Waals surface area contributed by atoms with Crippen LogP contribution in [0.4, 0.5) is 9.18 Å². The molecule has 0 radical (unpaired) electrons. The minimum absolute atomic E-state index is 0.102. The number of carboxylic acid groups (broad SMARTS) is 1. The van der Waals surface area contributed by atoms with Crippen LogP contribution in [-0.4, -0.2) is 104 Å². The fourth-order valence-corrected chi connectivity index (χ4v) is 7.59. The molecule has 12 nitrogen and oxygen atoms in total. The van der Waals surface area contributed by atoms with Crippen molar-refractivity contribution in [2.24, 2.45) is 5.41 Å². The lowest BCUT2D eigenvalue weighted by Crippen LogP contribution is -2.63. The Labute approximate surface area is 289 Å². The van der Waals surface area contributed by atoms with Crippen molar-refractivity contribution in [2.45, 2.75) is 64.2 Å². The Balaban J connectivity index is 1.12. The van der Waals surface area contributed by atoms with Gasteiger partial charge in [-0.2, -0.15) is 5.10 Å². The van der Waals surface area contributed by atoms with E-state index in [0.717, 1.165) is 40.7 Å². The standard InChI is InChI=1S/C37H42FN7O5/c1-22-17-23(11-14-39-22)33-26-18-24(7-9-29(26)41-42-33)34(46)40-25-8-10-30(44(19-25)20-27-28(38)5-4-6-31(27)50-3)35(47)43-15-16-45(36(48)49)32(21-43)37(2)12-13-37/h4-7,9,11,14,17-18,25,30,32H,8,10,12-13,15-16,19-21H2,1-3H3,(H,40,46)(H,41,42)(H,48,49)/t25-,30+,32?/m1/s1. The number of aryl methyl sites for hydroxylation is 1. The third kappa shape index (κ3) is 6.49. The molecule has 2 aliphatic heterocycles. The summed E-state index contributed by atoms with van der Waals surface area (Å²) in [4.78, 5) is 49.5. The van der Waals surface area contributed by atoms with Gasteiger partial charge in [0.2, 0.25) is 5.91 Å². The zero-order chi connectivity index (χ0) is 35.2. The summed E-state index contributed by atoms with van der Waals surface area (Å²) < 4.78 is 20.7. The molecule has 262 valence electrons. The third-order valence-electron chi connectivity index (χ3n) is 10.7. The van der Waals surface area contributed by atoms with E-state index in [4.69, 9.17) is 4.74 Å². The summed E-state index contributed by atoms with van der Waals surface area (Å²) in [5, 5.41) is 21.4. The Hall–Kier alpha value is -5.04. The van der Waals surface area contributed by atoms with Crippen molar-refractivity contribution >= 4 is 28.8 Å². The second-order valence-corrected chi connectivity index (χ2v) is 14.1. The van der Waals surface area contributed by atoms with Gasteiger partial charge in [-0.05, 0) is 80.5 Å². The third-order valence-corrected chi connectivity index (χ3v) is 10.7. The lowest BCUT2D eigenvalue weighted by Gasteiger charge is -2.46. The number of piperidine rings is 1. The van der Waals surface area contributed by atoms with Gasteiger partial charge in [-0.15, -0.1) is 0 Å².